The average molecular weight is 235 g/mol. The molecule has 0 aromatic rings. The maximum Gasteiger partial charge on any atom is 0.150 e. The van der Waals surface area contributed by atoms with E-state index in [1.807, 2.05) is 0 Å². The number of sulfone groups is 1. The van der Waals surface area contributed by atoms with E-state index >= 15 is 0 Å². The van der Waals surface area contributed by atoms with Gasteiger partial charge in [-0.1, -0.05) is 6.92 Å². The van der Waals surface area contributed by atoms with Crippen LogP contribution >= 0.6 is 0 Å². The third-order valence-corrected chi connectivity index (χ3v) is 5.31. The van der Waals surface area contributed by atoms with Gasteiger partial charge in [-0.15, -0.1) is 0 Å². The summed E-state index contributed by atoms with van der Waals surface area (Å²) in [6.45, 7) is 3.11. The molecule has 0 heterocycles. The van der Waals surface area contributed by atoms with Crippen molar-refractivity contribution in [2.75, 3.05) is 26.5 Å². The lowest BCUT2D eigenvalue weighted by Gasteiger charge is -2.31. The van der Waals surface area contributed by atoms with Gasteiger partial charge in [0, 0.05) is 25.3 Å². The van der Waals surface area contributed by atoms with Crippen LogP contribution in [0.1, 0.15) is 19.8 Å². The summed E-state index contributed by atoms with van der Waals surface area (Å²) in [5.74, 6) is 0.308. The summed E-state index contributed by atoms with van der Waals surface area (Å²) in [5, 5.41) is -0.244. The molecule has 0 radical (unpaired) electrons. The van der Waals surface area contributed by atoms with E-state index in [9.17, 15) is 8.42 Å². The van der Waals surface area contributed by atoms with Gasteiger partial charge in [-0.05, 0) is 18.8 Å². The second-order valence-corrected chi connectivity index (χ2v) is 7.12. The molecule has 0 aliphatic heterocycles. The van der Waals surface area contributed by atoms with Crippen LogP contribution < -0.4 is 5.73 Å². The molecule has 0 saturated heterocycles. The maximum atomic E-state index is 11.5. The minimum atomic E-state index is -2.95. The lowest BCUT2D eigenvalue weighted by Crippen LogP contribution is -2.37. The second kappa shape index (κ2) is 4.39. The predicted molar refractivity (Wildman–Crippen MR) is 60.4 cm³/mol. The van der Waals surface area contributed by atoms with Crippen LogP contribution in [0.5, 0.6) is 0 Å². The molecule has 1 saturated carbocycles. The SMILES string of the molecule is COC[C@]1(CN)C[C@@H](S(C)(=O)=O)C[C@H]1C. The van der Waals surface area contributed by atoms with Gasteiger partial charge in [0.1, 0.15) is 9.84 Å². The molecule has 5 heteroatoms. The molecule has 2 N–H and O–H groups in total. The number of hydrogen-bond donors (Lipinski definition) is 1. The summed E-state index contributed by atoms with van der Waals surface area (Å²) in [6, 6.07) is 0. The Morgan fingerprint density at radius 3 is 2.47 bits per heavy atom. The molecule has 1 rings (SSSR count). The smallest absolute Gasteiger partial charge is 0.150 e. The molecule has 0 aromatic heterocycles. The fraction of sp³-hybridized carbons (Fsp3) is 1.00. The Labute approximate surface area is 92.1 Å². The Bertz CT molecular complexity index is 315. The van der Waals surface area contributed by atoms with Crippen LogP contribution in [-0.4, -0.2) is 40.2 Å². The van der Waals surface area contributed by atoms with E-state index in [0.717, 1.165) is 0 Å². The summed E-state index contributed by atoms with van der Waals surface area (Å²) in [5.41, 5.74) is 5.63. The van der Waals surface area contributed by atoms with Crippen molar-refractivity contribution in [2.24, 2.45) is 17.1 Å². The van der Waals surface area contributed by atoms with Gasteiger partial charge >= 0.3 is 0 Å². The molecule has 0 amide bonds. The predicted octanol–water partition coefficient (Wildman–Crippen LogP) is 0.421. The molecule has 4 nitrogen and oxygen atoms in total. The molecule has 0 spiro atoms. The number of methoxy groups -OCH3 is 1. The maximum absolute atomic E-state index is 11.5. The molecule has 1 aliphatic carbocycles. The largest absolute Gasteiger partial charge is 0.384 e. The topological polar surface area (TPSA) is 69.4 Å². The van der Waals surface area contributed by atoms with Crippen molar-refractivity contribution in [1.82, 2.24) is 0 Å². The third kappa shape index (κ3) is 2.52. The molecular weight excluding hydrogens is 214 g/mol. The van der Waals surface area contributed by atoms with Crippen LogP contribution in [0.3, 0.4) is 0 Å². The van der Waals surface area contributed by atoms with Gasteiger partial charge < -0.3 is 10.5 Å². The first kappa shape index (κ1) is 12.9. The highest BCUT2D eigenvalue weighted by Gasteiger charge is 2.47. The zero-order valence-electron chi connectivity index (χ0n) is 9.69. The van der Waals surface area contributed by atoms with Crippen LogP contribution in [0, 0.1) is 11.3 Å². The van der Waals surface area contributed by atoms with Crippen molar-refractivity contribution in [3.63, 3.8) is 0 Å². The number of rotatable bonds is 4. The van der Waals surface area contributed by atoms with Crippen LogP contribution in [0.2, 0.25) is 0 Å². The molecule has 90 valence electrons. The first-order valence-corrected chi connectivity index (χ1v) is 7.19. The average Bonchev–Trinajstić information content (AvgIpc) is 2.45. The van der Waals surface area contributed by atoms with E-state index in [-0.39, 0.29) is 10.7 Å². The van der Waals surface area contributed by atoms with Crippen LogP contribution in [0.25, 0.3) is 0 Å². The van der Waals surface area contributed by atoms with Gasteiger partial charge in [0.25, 0.3) is 0 Å². The van der Waals surface area contributed by atoms with E-state index in [0.29, 0.717) is 31.9 Å². The van der Waals surface area contributed by atoms with Gasteiger partial charge in [-0.2, -0.15) is 0 Å². The van der Waals surface area contributed by atoms with Gasteiger partial charge in [-0.3, -0.25) is 0 Å². The lowest BCUT2D eigenvalue weighted by molar-refractivity contribution is 0.0610. The fourth-order valence-corrected chi connectivity index (χ4v) is 3.81. The molecule has 0 aromatic carbocycles. The number of hydrogen-bond acceptors (Lipinski definition) is 4. The Kier molecular flexibility index (Phi) is 3.79. The van der Waals surface area contributed by atoms with Crippen molar-refractivity contribution < 1.29 is 13.2 Å². The first-order valence-electron chi connectivity index (χ1n) is 5.23. The van der Waals surface area contributed by atoms with Gasteiger partial charge in [-0.25, -0.2) is 8.42 Å². The summed E-state index contributed by atoms with van der Waals surface area (Å²) in [6.07, 6.45) is 2.65. The standard InChI is InChI=1S/C10H21NO3S/c1-8-4-9(15(3,12)13)5-10(8,6-11)7-14-2/h8-9H,4-7,11H2,1-3H3/t8-,9+,10-/m1/s1. The van der Waals surface area contributed by atoms with Crippen molar-refractivity contribution in [3.8, 4) is 0 Å². The summed E-state index contributed by atoms with van der Waals surface area (Å²) >= 11 is 0. The van der Waals surface area contributed by atoms with Gasteiger partial charge in [0.05, 0.1) is 11.9 Å². The Morgan fingerprint density at radius 2 is 2.13 bits per heavy atom. The van der Waals surface area contributed by atoms with E-state index in [2.05, 4.69) is 6.92 Å². The highest BCUT2D eigenvalue weighted by molar-refractivity contribution is 7.91. The van der Waals surface area contributed by atoms with Crippen LogP contribution in [-0.2, 0) is 14.6 Å². The summed E-state index contributed by atoms with van der Waals surface area (Å²) in [4.78, 5) is 0. The van der Waals surface area contributed by atoms with Gasteiger partial charge in [0.15, 0.2) is 0 Å². The molecule has 0 bridgehead atoms. The second-order valence-electron chi connectivity index (χ2n) is 4.79. The van der Waals surface area contributed by atoms with Crippen molar-refractivity contribution in [1.29, 1.82) is 0 Å². The van der Waals surface area contributed by atoms with E-state index < -0.39 is 9.84 Å². The normalized spacial score (nSPS) is 37.1. The van der Waals surface area contributed by atoms with E-state index in [1.54, 1.807) is 7.11 Å². The fourth-order valence-electron chi connectivity index (χ4n) is 2.54. The molecule has 1 fully saturated rings. The summed E-state index contributed by atoms with van der Waals surface area (Å²) in [7, 11) is -1.31. The van der Waals surface area contributed by atoms with E-state index in [1.165, 1.54) is 6.26 Å². The Hall–Kier alpha value is -0.130. The quantitative estimate of drug-likeness (QED) is 0.767. The molecule has 1 aliphatic rings. The monoisotopic (exact) mass is 235 g/mol. The lowest BCUT2D eigenvalue weighted by atomic mass is 9.80. The Balaban J connectivity index is 2.86. The molecular formula is C10H21NO3S. The van der Waals surface area contributed by atoms with Crippen LogP contribution in [0.15, 0.2) is 0 Å². The van der Waals surface area contributed by atoms with Crippen molar-refractivity contribution in [3.05, 3.63) is 0 Å². The minimum absolute atomic E-state index is 0.150. The molecule has 3 atom stereocenters. The highest BCUT2D eigenvalue weighted by atomic mass is 32.2. The van der Waals surface area contributed by atoms with Crippen LogP contribution in [0.4, 0.5) is 0 Å². The van der Waals surface area contributed by atoms with Gasteiger partial charge in [0.2, 0.25) is 0 Å². The van der Waals surface area contributed by atoms with E-state index in [4.69, 9.17) is 10.5 Å². The third-order valence-electron chi connectivity index (χ3n) is 3.74. The zero-order valence-corrected chi connectivity index (χ0v) is 10.5. The van der Waals surface area contributed by atoms with Crippen molar-refractivity contribution in [2.45, 2.75) is 25.0 Å². The molecule has 0 unspecified atom stereocenters. The Morgan fingerprint density at radius 1 is 1.53 bits per heavy atom. The minimum Gasteiger partial charge on any atom is -0.384 e. The number of nitrogens with two attached hydrogens (primary N) is 1. The highest BCUT2D eigenvalue weighted by Crippen LogP contribution is 2.45. The molecule has 15 heavy (non-hydrogen) atoms. The zero-order chi connectivity index (χ0) is 11.7. The number of ether oxygens (including phenoxy) is 1. The summed E-state index contributed by atoms with van der Waals surface area (Å²) < 4.78 is 28.2. The van der Waals surface area contributed by atoms with Crippen molar-refractivity contribution >= 4 is 9.84 Å². The first-order chi connectivity index (χ1) is 6.85.